The number of hydrogen-bond donors (Lipinski definition) is 0. The van der Waals surface area contributed by atoms with Gasteiger partial charge in [0.05, 0.1) is 11.2 Å². The lowest BCUT2D eigenvalue weighted by molar-refractivity contribution is 1.40. The largest absolute Gasteiger partial charge is 0.247 e. The van der Waals surface area contributed by atoms with E-state index in [2.05, 4.69) is 91.0 Å². The summed E-state index contributed by atoms with van der Waals surface area (Å²) in [5, 5.41) is 3.67. The molecule has 0 amide bonds. The Morgan fingerprint density at radius 1 is 0.462 bits per heavy atom. The molecule has 1 aromatic heterocycles. The van der Waals surface area contributed by atoms with E-state index in [1.165, 1.54) is 21.9 Å². The fraction of sp³-hybridized carbons (Fsp3) is 0. The Balaban J connectivity index is 1.81. The normalized spacial score (nSPS) is 11.1. The Labute approximate surface area is 152 Å². The molecule has 0 saturated carbocycles. The van der Waals surface area contributed by atoms with Crippen molar-refractivity contribution in [2.45, 2.75) is 0 Å². The molecule has 0 unspecified atom stereocenters. The Morgan fingerprint density at radius 2 is 1.15 bits per heavy atom. The number of aromatic nitrogens is 1. The first kappa shape index (κ1) is 14.9. The van der Waals surface area contributed by atoms with Crippen molar-refractivity contribution in [3.8, 4) is 22.4 Å². The van der Waals surface area contributed by atoms with Crippen LogP contribution in [0.2, 0.25) is 0 Å². The molecule has 5 aromatic rings. The topological polar surface area (TPSA) is 12.9 Å². The van der Waals surface area contributed by atoms with Gasteiger partial charge in [0.2, 0.25) is 0 Å². The third-order valence-corrected chi connectivity index (χ3v) is 4.83. The fourth-order valence-corrected chi connectivity index (χ4v) is 3.51. The predicted octanol–water partition coefficient (Wildman–Crippen LogP) is 6.72. The van der Waals surface area contributed by atoms with Crippen LogP contribution in [0.25, 0.3) is 44.1 Å². The second-order valence-corrected chi connectivity index (χ2v) is 6.51. The third kappa shape index (κ3) is 2.55. The average molecular weight is 331 g/mol. The van der Waals surface area contributed by atoms with Crippen LogP contribution in [-0.2, 0) is 0 Å². The van der Waals surface area contributed by atoms with E-state index in [0.29, 0.717) is 0 Å². The van der Waals surface area contributed by atoms with E-state index in [9.17, 15) is 0 Å². The lowest BCUT2D eigenvalue weighted by Gasteiger charge is -2.12. The second kappa shape index (κ2) is 6.12. The summed E-state index contributed by atoms with van der Waals surface area (Å²) in [5.74, 6) is 0. The van der Waals surface area contributed by atoms with Crippen LogP contribution >= 0.6 is 0 Å². The molecule has 1 nitrogen and oxygen atoms in total. The molecule has 0 atom stereocenters. The molecule has 1 heteroatoms. The number of benzene rings is 4. The maximum absolute atomic E-state index is 5.00. The van der Waals surface area contributed by atoms with Gasteiger partial charge < -0.3 is 0 Å². The van der Waals surface area contributed by atoms with Gasteiger partial charge in [-0.05, 0) is 34.5 Å². The number of rotatable bonds is 2. The maximum Gasteiger partial charge on any atom is 0.0788 e. The highest BCUT2D eigenvalue weighted by molar-refractivity contribution is 5.95. The Hall–Kier alpha value is -3.45. The molecule has 4 aromatic carbocycles. The zero-order chi connectivity index (χ0) is 17.3. The van der Waals surface area contributed by atoms with E-state index >= 15 is 0 Å². The monoisotopic (exact) mass is 331 g/mol. The van der Waals surface area contributed by atoms with Gasteiger partial charge >= 0.3 is 0 Å². The van der Waals surface area contributed by atoms with Crippen LogP contribution in [0.4, 0.5) is 0 Å². The minimum atomic E-state index is 1.02. The summed E-state index contributed by atoms with van der Waals surface area (Å²) in [6.45, 7) is 0. The van der Waals surface area contributed by atoms with Crippen LogP contribution < -0.4 is 0 Å². The molecule has 0 fully saturated rings. The summed E-state index contributed by atoms with van der Waals surface area (Å²) in [7, 11) is 0. The molecular formula is C25H17N. The van der Waals surface area contributed by atoms with Crippen molar-refractivity contribution in [1.82, 2.24) is 4.98 Å². The van der Waals surface area contributed by atoms with Gasteiger partial charge in [0.15, 0.2) is 0 Å². The molecule has 122 valence electrons. The summed E-state index contributed by atoms with van der Waals surface area (Å²) in [6, 6.07) is 36.1. The number of fused-ring (bicyclic) bond motifs is 2. The standard InChI is InChI=1S/C25H17N/c1-2-9-19(10-3-1)25-23(17-22-12-6-7-13-24(22)26-25)21-15-14-18-8-4-5-11-20(18)16-21/h1-17H. The van der Waals surface area contributed by atoms with Crippen molar-refractivity contribution < 1.29 is 0 Å². The quantitative estimate of drug-likeness (QED) is 0.350. The van der Waals surface area contributed by atoms with Gasteiger partial charge in [0.1, 0.15) is 0 Å². The highest BCUT2D eigenvalue weighted by atomic mass is 14.7. The SMILES string of the molecule is c1ccc(-c2nc3ccccc3cc2-c2ccc3ccccc3c2)cc1. The van der Waals surface area contributed by atoms with E-state index in [1.807, 2.05) is 12.1 Å². The molecule has 0 spiro atoms. The lowest BCUT2D eigenvalue weighted by Crippen LogP contribution is -1.91. The van der Waals surface area contributed by atoms with Crippen LogP contribution in [0.1, 0.15) is 0 Å². The van der Waals surface area contributed by atoms with Crippen molar-refractivity contribution in [2.75, 3.05) is 0 Å². The van der Waals surface area contributed by atoms with Gasteiger partial charge in [0.25, 0.3) is 0 Å². The number of hydrogen-bond acceptors (Lipinski definition) is 1. The second-order valence-electron chi connectivity index (χ2n) is 6.51. The minimum Gasteiger partial charge on any atom is -0.247 e. The van der Waals surface area contributed by atoms with Crippen molar-refractivity contribution in [3.63, 3.8) is 0 Å². The van der Waals surface area contributed by atoms with Crippen LogP contribution in [-0.4, -0.2) is 4.98 Å². The van der Waals surface area contributed by atoms with Gasteiger partial charge in [-0.15, -0.1) is 0 Å². The van der Waals surface area contributed by atoms with Crippen LogP contribution in [0.3, 0.4) is 0 Å². The molecule has 0 aliphatic heterocycles. The van der Waals surface area contributed by atoms with E-state index in [1.54, 1.807) is 0 Å². The summed E-state index contributed by atoms with van der Waals surface area (Å²) in [5.41, 5.74) is 5.55. The smallest absolute Gasteiger partial charge is 0.0788 e. The molecule has 26 heavy (non-hydrogen) atoms. The number of para-hydroxylation sites is 1. The highest BCUT2D eigenvalue weighted by Gasteiger charge is 2.11. The van der Waals surface area contributed by atoms with Gasteiger partial charge in [-0.25, -0.2) is 4.98 Å². The molecule has 5 rings (SSSR count). The molecule has 0 saturated heterocycles. The Morgan fingerprint density at radius 3 is 2.00 bits per heavy atom. The van der Waals surface area contributed by atoms with E-state index < -0.39 is 0 Å². The molecular weight excluding hydrogens is 314 g/mol. The van der Waals surface area contributed by atoms with Gasteiger partial charge in [-0.2, -0.15) is 0 Å². The van der Waals surface area contributed by atoms with Gasteiger partial charge in [0, 0.05) is 16.5 Å². The number of nitrogens with zero attached hydrogens (tertiary/aromatic N) is 1. The minimum absolute atomic E-state index is 1.02. The highest BCUT2D eigenvalue weighted by Crippen LogP contribution is 2.34. The van der Waals surface area contributed by atoms with E-state index in [-0.39, 0.29) is 0 Å². The Kier molecular flexibility index (Phi) is 3.50. The van der Waals surface area contributed by atoms with Crippen molar-refractivity contribution in [1.29, 1.82) is 0 Å². The average Bonchev–Trinajstić information content (AvgIpc) is 2.73. The van der Waals surface area contributed by atoms with Crippen molar-refractivity contribution in [3.05, 3.63) is 103 Å². The fourth-order valence-electron chi connectivity index (χ4n) is 3.51. The van der Waals surface area contributed by atoms with Gasteiger partial charge in [-0.3, -0.25) is 0 Å². The van der Waals surface area contributed by atoms with Crippen molar-refractivity contribution in [2.24, 2.45) is 0 Å². The summed E-state index contributed by atoms with van der Waals surface area (Å²) < 4.78 is 0. The van der Waals surface area contributed by atoms with Crippen LogP contribution in [0.5, 0.6) is 0 Å². The molecule has 0 radical (unpaired) electrons. The first-order valence-electron chi connectivity index (χ1n) is 8.83. The Bertz CT molecular complexity index is 1220. The molecule has 1 heterocycles. The lowest BCUT2D eigenvalue weighted by atomic mass is 9.95. The van der Waals surface area contributed by atoms with Crippen molar-refractivity contribution >= 4 is 21.7 Å². The maximum atomic E-state index is 5.00. The first-order valence-corrected chi connectivity index (χ1v) is 8.83. The summed E-state index contributed by atoms with van der Waals surface area (Å²) in [4.78, 5) is 5.00. The zero-order valence-electron chi connectivity index (χ0n) is 14.3. The molecule has 0 aliphatic carbocycles. The summed E-state index contributed by atoms with van der Waals surface area (Å²) >= 11 is 0. The molecule has 0 N–H and O–H groups in total. The first-order chi connectivity index (χ1) is 12.9. The number of pyridine rings is 1. The van der Waals surface area contributed by atoms with Crippen LogP contribution in [0, 0.1) is 0 Å². The predicted molar refractivity (Wildman–Crippen MR) is 110 cm³/mol. The van der Waals surface area contributed by atoms with Crippen LogP contribution in [0.15, 0.2) is 103 Å². The summed E-state index contributed by atoms with van der Waals surface area (Å²) in [6.07, 6.45) is 0. The third-order valence-electron chi connectivity index (χ3n) is 4.83. The molecule has 0 aliphatic rings. The zero-order valence-corrected chi connectivity index (χ0v) is 14.3. The molecule has 0 bridgehead atoms. The van der Waals surface area contributed by atoms with E-state index in [0.717, 1.165) is 22.2 Å². The van der Waals surface area contributed by atoms with E-state index in [4.69, 9.17) is 4.98 Å². The van der Waals surface area contributed by atoms with Gasteiger partial charge in [-0.1, -0.05) is 84.9 Å².